The summed E-state index contributed by atoms with van der Waals surface area (Å²) < 4.78 is 3.04. The highest BCUT2D eigenvalue weighted by atomic mass is 16.2. The number of carbonyl (C=O) groups is 4. The fraction of sp³-hybridized carbons (Fsp3) is 0.366. The second-order valence-corrected chi connectivity index (χ2v) is 14.7. The molecule has 2 saturated carbocycles. The number of hydrogen-bond acceptors (Lipinski definition) is 8. The Morgan fingerprint density at radius 2 is 1.56 bits per heavy atom. The summed E-state index contributed by atoms with van der Waals surface area (Å²) in [6.45, 7) is 7.74. The topological polar surface area (TPSA) is 218 Å². The number of carbonyl (C=O) groups excluding carboxylic acids is 4. The van der Waals surface area contributed by atoms with Gasteiger partial charge in [0.25, 0.3) is 17.7 Å². The van der Waals surface area contributed by atoms with Crippen molar-refractivity contribution in [1.29, 1.82) is 0 Å². The molecule has 4 aromatic rings. The maximum absolute atomic E-state index is 12.6. The summed E-state index contributed by atoms with van der Waals surface area (Å²) >= 11 is 0. The van der Waals surface area contributed by atoms with Gasteiger partial charge < -0.3 is 33.2 Å². The molecule has 2 heterocycles. The van der Waals surface area contributed by atoms with Crippen LogP contribution in [0.25, 0.3) is 5.69 Å². The van der Waals surface area contributed by atoms with E-state index in [0.717, 1.165) is 44.1 Å². The van der Waals surface area contributed by atoms with Gasteiger partial charge in [-0.1, -0.05) is 56.3 Å². The Balaban J connectivity index is 0.000000187. The lowest BCUT2D eigenvalue weighted by atomic mass is 9.76. The smallest absolute Gasteiger partial charge is 0.261 e. The van der Waals surface area contributed by atoms with Crippen LogP contribution in [-0.2, 0) is 4.79 Å². The minimum Gasteiger partial charge on any atom is -0.383 e. The number of aromatic nitrogens is 4. The molecule has 0 bridgehead atoms. The van der Waals surface area contributed by atoms with Crippen molar-refractivity contribution in [2.24, 2.45) is 17.1 Å². The lowest BCUT2D eigenvalue weighted by molar-refractivity contribution is -0.126. The number of anilines is 3. The zero-order chi connectivity index (χ0) is 39.4. The lowest BCUT2D eigenvalue weighted by Gasteiger charge is -2.34. The molecule has 2 unspecified atom stereocenters. The summed E-state index contributed by atoms with van der Waals surface area (Å²) in [5, 5.41) is 17.4. The fourth-order valence-corrected chi connectivity index (χ4v) is 6.46. The van der Waals surface area contributed by atoms with E-state index in [2.05, 4.69) is 26.1 Å². The van der Waals surface area contributed by atoms with Crippen LogP contribution in [-0.4, -0.2) is 55.3 Å². The van der Waals surface area contributed by atoms with E-state index in [4.69, 9.17) is 17.2 Å². The van der Waals surface area contributed by atoms with E-state index in [1.807, 2.05) is 63.3 Å². The van der Waals surface area contributed by atoms with Crippen molar-refractivity contribution >= 4 is 41.0 Å². The third-order valence-corrected chi connectivity index (χ3v) is 10.5. The van der Waals surface area contributed by atoms with E-state index in [9.17, 15) is 19.2 Å². The van der Waals surface area contributed by atoms with E-state index in [1.165, 1.54) is 22.6 Å². The Morgan fingerprint density at radius 1 is 0.891 bits per heavy atom. The van der Waals surface area contributed by atoms with Gasteiger partial charge in [-0.2, -0.15) is 10.2 Å². The largest absolute Gasteiger partial charge is 0.383 e. The molecule has 2 aromatic carbocycles. The number of primary amides is 1. The fourth-order valence-electron chi connectivity index (χ4n) is 6.46. The summed E-state index contributed by atoms with van der Waals surface area (Å²) in [7, 11) is 0. The maximum atomic E-state index is 12.6. The van der Waals surface area contributed by atoms with Gasteiger partial charge >= 0.3 is 0 Å². The quantitative estimate of drug-likeness (QED) is 0.113. The second-order valence-electron chi connectivity index (χ2n) is 14.7. The highest BCUT2D eigenvalue weighted by molar-refractivity contribution is 6.07. The second kappa shape index (κ2) is 16.0. The summed E-state index contributed by atoms with van der Waals surface area (Å²) in [5.41, 5.74) is 21.8. The number of benzene rings is 2. The Kier molecular flexibility index (Phi) is 11.2. The highest BCUT2D eigenvalue weighted by Crippen LogP contribution is 2.46. The molecule has 288 valence electrons. The van der Waals surface area contributed by atoms with Gasteiger partial charge in [-0.3, -0.25) is 19.2 Å². The first-order valence-corrected chi connectivity index (χ1v) is 18.8. The molecular formula is C41H50N10O4. The van der Waals surface area contributed by atoms with Crippen molar-refractivity contribution in [1.82, 2.24) is 30.2 Å². The molecule has 3 aliphatic carbocycles. The number of allylic oxidation sites excluding steroid dienone is 3. The number of nitrogens with zero attached hydrogens (tertiary/aromatic N) is 4. The number of rotatable bonds is 12. The summed E-state index contributed by atoms with van der Waals surface area (Å²) in [6.07, 6.45) is 14.8. The highest BCUT2D eigenvalue weighted by Gasteiger charge is 2.43. The van der Waals surface area contributed by atoms with Gasteiger partial charge in [-0.25, -0.2) is 9.36 Å². The van der Waals surface area contributed by atoms with Gasteiger partial charge in [-0.05, 0) is 93.7 Å². The van der Waals surface area contributed by atoms with Crippen LogP contribution in [0.3, 0.4) is 0 Å². The first-order chi connectivity index (χ1) is 26.3. The van der Waals surface area contributed by atoms with Gasteiger partial charge in [0.2, 0.25) is 5.91 Å². The van der Waals surface area contributed by atoms with Crippen LogP contribution < -0.4 is 33.2 Å². The minimum absolute atomic E-state index is 0.0927. The number of para-hydroxylation sites is 1. The first kappa shape index (κ1) is 38.5. The average molecular weight is 747 g/mol. The van der Waals surface area contributed by atoms with Crippen molar-refractivity contribution in [3.05, 3.63) is 107 Å². The molecule has 14 heteroatoms. The van der Waals surface area contributed by atoms with E-state index >= 15 is 0 Å². The number of nitrogens with two attached hydrogens (primary N) is 3. The van der Waals surface area contributed by atoms with Gasteiger partial charge in [0, 0.05) is 23.3 Å². The SMILES string of the molecule is CCC(CC)NC(=O)c1cnn(C2C=C(C3CC3)C=CC2(C)C(N)=O)c1N.Cc1ccc(C(=O)NC2CC2)cc1-n1ncc(C(=O)Nc2ccccc2)c1N. The van der Waals surface area contributed by atoms with E-state index in [0.29, 0.717) is 28.4 Å². The third kappa shape index (κ3) is 8.48. The molecule has 0 radical (unpaired) electrons. The normalized spacial score (nSPS) is 18.9. The monoisotopic (exact) mass is 746 g/mol. The summed E-state index contributed by atoms with van der Waals surface area (Å²) in [6, 6.07) is 14.4. The molecule has 7 rings (SSSR count). The van der Waals surface area contributed by atoms with Crippen LogP contribution in [0.5, 0.6) is 0 Å². The molecule has 0 aliphatic heterocycles. The Bertz CT molecular complexity index is 2140. The Labute approximate surface area is 320 Å². The first-order valence-electron chi connectivity index (χ1n) is 18.8. The van der Waals surface area contributed by atoms with Crippen LogP contribution in [0.2, 0.25) is 0 Å². The number of hydrogen-bond donors (Lipinski definition) is 6. The van der Waals surface area contributed by atoms with Crippen molar-refractivity contribution in [3.8, 4) is 5.69 Å². The van der Waals surface area contributed by atoms with Gasteiger partial charge in [-0.15, -0.1) is 0 Å². The van der Waals surface area contributed by atoms with Gasteiger partial charge in [0.15, 0.2) is 0 Å². The maximum Gasteiger partial charge on any atom is 0.261 e. The standard InChI is InChI=1S/C21H21N5O2.C20H29N5O2/c1-13-7-8-14(20(27)24-16-9-10-16)11-18(13)26-19(22)17(12-23-26)21(28)25-15-5-3-2-4-6-15;1-4-14(5-2)24-18(26)15-11-23-25(17(15)21)16-10-13(12-6-7-12)8-9-20(16,3)19(22)27/h2-8,11-12,16H,9-10,22H2,1H3,(H,24,27)(H,25,28);8-12,14,16H,4-7,21H2,1-3H3,(H2,22,27)(H,24,26). The molecule has 2 fully saturated rings. The molecule has 2 aromatic heterocycles. The predicted octanol–water partition coefficient (Wildman–Crippen LogP) is 5.23. The molecule has 0 saturated heterocycles. The number of amides is 4. The van der Waals surface area contributed by atoms with Gasteiger partial charge in [0.1, 0.15) is 22.8 Å². The van der Waals surface area contributed by atoms with Gasteiger partial charge in [0.05, 0.1) is 29.5 Å². The van der Waals surface area contributed by atoms with Crippen molar-refractivity contribution in [2.75, 3.05) is 16.8 Å². The average Bonchev–Trinajstić information content (AvgIpc) is 4.11. The lowest BCUT2D eigenvalue weighted by Crippen LogP contribution is -2.42. The van der Waals surface area contributed by atoms with E-state index < -0.39 is 17.4 Å². The Hall–Kier alpha value is -6.18. The molecule has 14 nitrogen and oxygen atoms in total. The van der Waals surface area contributed by atoms with E-state index in [-0.39, 0.29) is 47.0 Å². The molecule has 0 spiro atoms. The molecule has 9 N–H and O–H groups in total. The third-order valence-electron chi connectivity index (χ3n) is 10.5. The Morgan fingerprint density at radius 3 is 2.20 bits per heavy atom. The number of aryl methyl sites for hydroxylation is 1. The van der Waals surface area contributed by atoms with Crippen molar-refractivity contribution < 1.29 is 19.2 Å². The molecular weight excluding hydrogens is 697 g/mol. The van der Waals surface area contributed by atoms with Crippen LogP contribution in [0, 0.1) is 18.3 Å². The zero-order valence-electron chi connectivity index (χ0n) is 31.7. The van der Waals surface area contributed by atoms with Crippen LogP contribution >= 0.6 is 0 Å². The minimum atomic E-state index is -0.957. The van der Waals surface area contributed by atoms with Crippen molar-refractivity contribution in [2.45, 2.75) is 84.3 Å². The molecule has 55 heavy (non-hydrogen) atoms. The molecule has 4 amide bonds. The summed E-state index contributed by atoms with van der Waals surface area (Å²) in [4.78, 5) is 49.7. The zero-order valence-corrected chi connectivity index (χ0v) is 31.7. The number of nitrogens with one attached hydrogen (secondary N) is 3. The molecule has 3 aliphatic rings. The van der Waals surface area contributed by atoms with E-state index in [1.54, 1.807) is 35.9 Å². The predicted molar refractivity (Wildman–Crippen MR) is 212 cm³/mol. The van der Waals surface area contributed by atoms with Crippen LogP contribution in [0.4, 0.5) is 17.3 Å². The van der Waals surface area contributed by atoms with Crippen molar-refractivity contribution in [3.63, 3.8) is 0 Å². The van der Waals surface area contributed by atoms with Crippen LogP contribution in [0.15, 0.2) is 84.7 Å². The van der Waals surface area contributed by atoms with Crippen LogP contribution in [0.1, 0.15) is 102 Å². The molecule has 2 atom stereocenters. The number of nitrogen functional groups attached to an aromatic ring is 2. The summed E-state index contributed by atoms with van der Waals surface area (Å²) in [5.74, 6) is -0.157.